The molecule has 2 aromatic rings. The lowest BCUT2D eigenvalue weighted by molar-refractivity contribution is -0.435. The number of rotatable bonds is 3. The Morgan fingerprint density at radius 1 is 1.20 bits per heavy atom. The van der Waals surface area contributed by atoms with E-state index in [0.29, 0.717) is 11.5 Å². The molecule has 0 spiro atoms. The van der Waals surface area contributed by atoms with Crippen molar-refractivity contribution in [1.29, 1.82) is 0 Å². The number of nitrogens with zero attached hydrogens (tertiary/aromatic N) is 2. The van der Waals surface area contributed by atoms with Crippen LogP contribution in [0.15, 0.2) is 58.0 Å². The quantitative estimate of drug-likeness (QED) is 0.382. The number of hydrogen-bond acceptors (Lipinski definition) is 3. The number of fused-ring (bicyclic) bond motifs is 2. The van der Waals surface area contributed by atoms with Crippen molar-refractivity contribution in [3.8, 4) is 0 Å². The molecule has 0 radical (unpaired) electrons. The van der Waals surface area contributed by atoms with Gasteiger partial charge in [-0.15, -0.1) is 0 Å². The first-order valence-electron chi connectivity index (χ1n) is 7.98. The van der Waals surface area contributed by atoms with Crippen molar-refractivity contribution in [3.05, 3.63) is 58.6 Å². The monoisotopic (exact) mass is 461 g/mol. The minimum atomic E-state index is -0.508. The summed E-state index contributed by atoms with van der Waals surface area (Å²) in [5.74, 6) is 0.183. The van der Waals surface area contributed by atoms with Crippen LogP contribution in [-0.4, -0.2) is 40.4 Å². The molecule has 0 amide bonds. The first-order valence-corrected chi connectivity index (χ1v) is 9.89. The van der Waals surface area contributed by atoms with E-state index in [2.05, 4.69) is 41.4 Å². The lowest BCUT2D eigenvalue weighted by atomic mass is 9.93. The molecule has 2 aliphatic heterocycles. The van der Waals surface area contributed by atoms with E-state index in [1.807, 2.05) is 48.5 Å². The summed E-state index contributed by atoms with van der Waals surface area (Å²) in [5.41, 5.74) is 2.42. The summed E-state index contributed by atoms with van der Waals surface area (Å²) in [6, 6.07) is 15.4. The van der Waals surface area contributed by atoms with Crippen molar-refractivity contribution >= 4 is 61.1 Å². The molecule has 126 valence electrons. The third-order valence-corrected chi connectivity index (χ3v) is 5.73. The summed E-state index contributed by atoms with van der Waals surface area (Å²) >= 11 is 6.97. The predicted octanol–water partition coefficient (Wildman–Crippen LogP) is 4.50. The predicted molar refractivity (Wildman–Crippen MR) is 105 cm³/mol. The van der Waals surface area contributed by atoms with Gasteiger partial charge in [0.05, 0.1) is 11.3 Å². The summed E-state index contributed by atoms with van der Waals surface area (Å²) in [5, 5.41) is 0.720. The first-order chi connectivity index (χ1) is 12.2. The van der Waals surface area contributed by atoms with Gasteiger partial charge in [0.25, 0.3) is 0 Å². The van der Waals surface area contributed by atoms with E-state index in [9.17, 15) is 4.79 Å². The summed E-state index contributed by atoms with van der Waals surface area (Å²) in [4.78, 5) is 17.6. The van der Waals surface area contributed by atoms with E-state index < -0.39 is 5.92 Å². The molecule has 0 aliphatic carbocycles. The number of hydrogen-bond donors (Lipinski definition) is 0. The van der Waals surface area contributed by atoms with Gasteiger partial charge in [-0.2, -0.15) is 4.58 Å². The van der Waals surface area contributed by atoms with E-state index in [4.69, 9.17) is 4.74 Å². The van der Waals surface area contributed by atoms with Gasteiger partial charge in [-0.3, -0.25) is 9.79 Å². The van der Waals surface area contributed by atoms with Gasteiger partial charge in [-0.05, 0) is 34.1 Å². The van der Waals surface area contributed by atoms with Crippen LogP contribution in [0, 0.1) is 5.92 Å². The molecule has 4 nitrogen and oxygen atoms in total. The van der Waals surface area contributed by atoms with Gasteiger partial charge < -0.3 is 4.74 Å². The van der Waals surface area contributed by atoms with Crippen LogP contribution in [0.5, 0.6) is 0 Å². The van der Waals surface area contributed by atoms with Crippen LogP contribution < -0.4 is 0 Å². The van der Waals surface area contributed by atoms with Crippen molar-refractivity contribution in [2.24, 2.45) is 10.9 Å². The molecule has 6 heteroatoms. The number of alkyl halides is 1. The summed E-state index contributed by atoms with van der Waals surface area (Å²) < 4.78 is 9.03. The molecule has 0 saturated heterocycles. The van der Waals surface area contributed by atoms with Gasteiger partial charge in [0, 0.05) is 22.1 Å². The van der Waals surface area contributed by atoms with Crippen molar-refractivity contribution in [1.82, 2.24) is 0 Å². The molecule has 2 atom stereocenters. The number of Topliss-reactive ketones (excluding diaryl/α,β-unsaturated/α-hetero) is 1. The zero-order valence-corrected chi connectivity index (χ0v) is 16.4. The standard InChI is InChI=1S/C19H15Br2N2O2/c20-9-12-11-23-17-8-4-1-5-13(17)18(24)14(19(23)25-12)10-22-16-7-3-2-6-15(16)21/h1-8,10,12,14H,9,11H2/q+1. The highest BCUT2D eigenvalue weighted by atomic mass is 79.9. The van der Waals surface area contributed by atoms with Crippen LogP contribution in [0.25, 0.3) is 0 Å². The number of aliphatic imine (C=N–C) groups is 1. The molecule has 0 bridgehead atoms. The molecule has 25 heavy (non-hydrogen) atoms. The Labute approximate surface area is 162 Å². The molecule has 2 aliphatic rings. The second kappa shape index (κ2) is 6.84. The van der Waals surface area contributed by atoms with Crippen molar-refractivity contribution in [2.45, 2.75) is 6.10 Å². The fourth-order valence-electron chi connectivity index (χ4n) is 3.14. The zero-order valence-electron chi connectivity index (χ0n) is 13.2. The number of carbonyl (C=O) groups excluding carboxylic acids is 1. The van der Waals surface area contributed by atoms with Gasteiger partial charge >= 0.3 is 5.90 Å². The third-order valence-electron chi connectivity index (χ3n) is 4.34. The van der Waals surface area contributed by atoms with Gasteiger partial charge in [-0.25, -0.2) is 0 Å². The van der Waals surface area contributed by atoms with Crippen LogP contribution in [0.3, 0.4) is 0 Å². The van der Waals surface area contributed by atoms with E-state index in [1.165, 1.54) is 0 Å². The molecule has 0 fully saturated rings. The molecule has 2 aromatic carbocycles. The van der Waals surface area contributed by atoms with Crippen LogP contribution in [-0.2, 0) is 4.74 Å². The Kier molecular flexibility index (Phi) is 4.56. The van der Waals surface area contributed by atoms with Crippen LogP contribution in [0.1, 0.15) is 10.4 Å². The fourth-order valence-corrected chi connectivity index (χ4v) is 3.87. The Morgan fingerprint density at radius 2 is 1.96 bits per heavy atom. The lowest BCUT2D eigenvalue weighted by Crippen LogP contribution is -2.34. The Morgan fingerprint density at radius 3 is 2.76 bits per heavy atom. The minimum Gasteiger partial charge on any atom is -0.436 e. The van der Waals surface area contributed by atoms with E-state index in [-0.39, 0.29) is 11.9 Å². The maximum Gasteiger partial charge on any atom is 0.359 e. The van der Waals surface area contributed by atoms with Crippen LogP contribution >= 0.6 is 31.9 Å². The highest BCUT2D eigenvalue weighted by Crippen LogP contribution is 2.33. The lowest BCUT2D eigenvalue weighted by Gasteiger charge is -2.15. The molecular formula is C19H15Br2N2O2+. The van der Waals surface area contributed by atoms with Gasteiger partial charge in [-0.1, -0.05) is 40.2 Å². The average Bonchev–Trinajstić information content (AvgIpc) is 3.07. The van der Waals surface area contributed by atoms with Gasteiger partial charge in [0.15, 0.2) is 24.3 Å². The highest BCUT2D eigenvalue weighted by molar-refractivity contribution is 9.10. The Hall–Kier alpha value is -1.79. The second-order valence-electron chi connectivity index (χ2n) is 5.93. The van der Waals surface area contributed by atoms with E-state index in [1.54, 1.807) is 6.21 Å². The summed E-state index contributed by atoms with van der Waals surface area (Å²) in [6.07, 6.45) is 1.71. The second-order valence-corrected chi connectivity index (χ2v) is 7.43. The number of benzene rings is 2. The fraction of sp³-hybridized carbons (Fsp3) is 0.211. The number of ketones is 1. The van der Waals surface area contributed by atoms with Gasteiger partial charge in [0.1, 0.15) is 0 Å². The van der Waals surface area contributed by atoms with E-state index in [0.717, 1.165) is 27.7 Å². The zero-order chi connectivity index (χ0) is 17.4. The van der Waals surface area contributed by atoms with Gasteiger partial charge in [0.2, 0.25) is 5.69 Å². The first kappa shape index (κ1) is 16.7. The molecule has 0 N–H and O–H groups in total. The molecule has 0 saturated carbocycles. The largest absolute Gasteiger partial charge is 0.436 e. The van der Waals surface area contributed by atoms with E-state index >= 15 is 0 Å². The SMILES string of the molecule is O=C1c2ccccc2[N+]2=C(OC(CBr)C2)C1C=Nc1ccccc1Br. The summed E-state index contributed by atoms with van der Waals surface area (Å²) in [7, 11) is 0. The van der Waals surface area contributed by atoms with Crippen LogP contribution in [0.4, 0.5) is 11.4 Å². The maximum absolute atomic E-state index is 13.0. The number of carbonyl (C=O) groups is 1. The number of para-hydroxylation sites is 2. The third kappa shape index (κ3) is 2.98. The minimum absolute atomic E-state index is 0.0212. The van der Waals surface area contributed by atoms with Crippen LogP contribution in [0.2, 0.25) is 0 Å². The van der Waals surface area contributed by atoms with Crippen molar-refractivity contribution in [3.63, 3.8) is 0 Å². The molecular weight excluding hydrogens is 448 g/mol. The average molecular weight is 463 g/mol. The maximum atomic E-state index is 13.0. The summed E-state index contributed by atoms with van der Waals surface area (Å²) in [6.45, 7) is 0.726. The number of ether oxygens (including phenoxy) is 1. The highest BCUT2D eigenvalue weighted by Gasteiger charge is 2.47. The normalized spacial score (nSPS) is 22.1. The number of halogens is 2. The molecule has 2 heterocycles. The van der Waals surface area contributed by atoms with Crippen molar-refractivity contribution in [2.75, 3.05) is 11.9 Å². The molecule has 2 unspecified atom stereocenters. The Bertz CT molecular complexity index is 908. The smallest absolute Gasteiger partial charge is 0.359 e. The molecule has 4 rings (SSSR count). The van der Waals surface area contributed by atoms with Crippen molar-refractivity contribution < 1.29 is 14.1 Å². The topological polar surface area (TPSA) is 41.7 Å². The molecule has 0 aromatic heterocycles. The Balaban J connectivity index is 1.76.